The van der Waals surface area contributed by atoms with Gasteiger partial charge in [-0.1, -0.05) is 13.8 Å². The van der Waals surface area contributed by atoms with E-state index in [1.165, 1.54) is 0 Å². The lowest BCUT2D eigenvalue weighted by Crippen LogP contribution is -2.22. The van der Waals surface area contributed by atoms with E-state index in [9.17, 15) is 0 Å². The zero-order valence-electron chi connectivity index (χ0n) is 12.0. The van der Waals surface area contributed by atoms with Crippen molar-refractivity contribution in [3.8, 4) is 5.75 Å². The van der Waals surface area contributed by atoms with Crippen LogP contribution in [0.5, 0.6) is 5.75 Å². The Hall–Kier alpha value is -1.17. The van der Waals surface area contributed by atoms with Crippen molar-refractivity contribution >= 4 is 0 Å². The van der Waals surface area contributed by atoms with E-state index in [2.05, 4.69) is 24.1 Å². The van der Waals surface area contributed by atoms with E-state index in [0.29, 0.717) is 32.5 Å². The highest BCUT2D eigenvalue weighted by Crippen LogP contribution is 2.10. The van der Waals surface area contributed by atoms with Crippen molar-refractivity contribution in [3.05, 3.63) is 24.0 Å². The molecule has 1 heterocycles. The van der Waals surface area contributed by atoms with Crippen LogP contribution in [0.25, 0.3) is 0 Å². The molecule has 0 aliphatic rings. The zero-order valence-corrected chi connectivity index (χ0v) is 12.0. The molecule has 0 fully saturated rings. The molecule has 5 nitrogen and oxygen atoms in total. The summed E-state index contributed by atoms with van der Waals surface area (Å²) >= 11 is 0. The lowest BCUT2D eigenvalue weighted by Gasteiger charge is -2.10. The number of ether oxygens (including phenoxy) is 3. The summed E-state index contributed by atoms with van der Waals surface area (Å²) in [5.74, 6) is 0.825. The minimum Gasteiger partial charge on any atom is -0.491 e. The third-order valence-corrected chi connectivity index (χ3v) is 2.41. The van der Waals surface area contributed by atoms with Crippen molar-refractivity contribution < 1.29 is 14.2 Å². The zero-order chi connectivity index (χ0) is 13.9. The fourth-order valence-electron chi connectivity index (χ4n) is 1.41. The van der Waals surface area contributed by atoms with E-state index in [0.717, 1.165) is 18.0 Å². The standard InChI is InChI=1S/C14H24N2O3/c1-12(2)16-11-13-10-14(4-5-15-13)19-9-8-18-7-6-17-3/h4-5,10,12,16H,6-9,11H2,1-3H3. The van der Waals surface area contributed by atoms with E-state index in [1.807, 2.05) is 12.1 Å². The smallest absolute Gasteiger partial charge is 0.122 e. The van der Waals surface area contributed by atoms with Crippen molar-refractivity contribution in [2.24, 2.45) is 0 Å². The van der Waals surface area contributed by atoms with Gasteiger partial charge in [0.1, 0.15) is 12.4 Å². The van der Waals surface area contributed by atoms with Crippen molar-refractivity contribution in [2.45, 2.75) is 26.4 Å². The Morgan fingerprint density at radius 1 is 1.21 bits per heavy atom. The van der Waals surface area contributed by atoms with Gasteiger partial charge < -0.3 is 19.5 Å². The summed E-state index contributed by atoms with van der Waals surface area (Å²) in [6, 6.07) is 4.25. The van der Waals surface area contributed by atoms with Crippen LogP contribution in [0.15, 0.2) is 18.3 Å². The van der Waals surface area contributed by atoms with Crippen LogP contribution in [0.3, 0.4) is 0 Å². The van der Waals surface area contributed by atoms with Gasteiger partial charge in [0, 0.05) is 32.0 Å². The summed E-state index contributed by atoms with van der Waals surface area (Å²) in [7, 11) is 1.66. The van der Waals surface area contributed by atoms with Crippen LogP contribution in [0.2, 0.25) is 0 Å². The number of pyridine rings is 1. The van der Waals surface area contributed by atoms with Crippen molar-refractivity contribution in [1.82, 2.24) is 10.3 Å². The Morgan fingerprint density at radius 2 is 2.00 bits per heavy atom. The van der Waals surface area contributed by atoms with Crippen LogP contribution in [0.1, 0.15) is 19.5 Å². The third-order valence-electron chi connectivity index (χ3n) is 2.41. The van der Waals surface area contributed by atoms with E-state index in [4.69, 9.17) is 14.2 Å². The van der Waals surface area contributed by atoms with E-state index >= 15 is 0 Å². The van der Waals surface area contributed by atoms with Gasteiger partial charge in [-0.2, -0.15) is 0 Å². The highest BCUT2D eigenvalue weighted by atomic mass is 16.5. The van der Waals surface area contributed by atoms with Gasteiger partial charge >= 0.3 is 0 Å². The van der Waals surface area contributed by atoms with Crippen LogP contribution in [0, 0.1) is 0 Å². The molecule has 0 bridgehead atoms. The maximum atomic E-state index is 5.60. The summed E-state index contributed by atoms with van der Waals surface area (Å²) in [6.45, 7) is 7.27. The Labute approximate surface area is 115 Å². The second kappa shape index (κ2) is 9.72. The number of hydrogen-bond donors (Lipinski definition) is 1. The number of aromatic nitrogens is 1. The Bertz CT molecular complexity index is 345. The van der Waals surface area contributed by atoms with Crippen LogP contribution in [0.4, 0.5) is 0 Å². The lowest BCUT2D eigenvalue weighted by molar-refractivity contribution is 0.0544. The summed E-state index contributed by atoms with van der Waals surface area (Å²) in [5, 5.41) is 3.32. The molecule has 1 aromatic heterocycles. The average molecular weight is 268 g/mol. The Morgan fingerprint density at radius 3 is 2.74 bits per heavy atom. The summed E-state index contributed by atoms with van der Waals surface area (Å²) in [5.41, 5.74) is 0.978. The fraction of sp³-hybridized carbons (Fsp3) is 0.643. The molecule has 0 aliphatic heterocycles. The summed E-state index contributed by atoms with van der Waals surface area (Å²) < 4.78 is 15.8. The van der Waals surface area contributed by atoms with E-state index in [1.54, 1.807) is 13.3 Å². The molecule has 0 amide bonds. The molecular weight excluding hydrogens is 244 g/mol. The van der Waals surface area contributed by atoms with Gasteiger partial charge in [0.25, 0.3) is 0 Å². The maximum Gasteiger partial charge on any atom is 0.122 e. The first-order valence-electron chi connectivity index (χ1n) is 6.60. The molecule has 0 saturated heterocycles. The number of rotatable bonds is 10. The van der Waals surface area contributed by atoms with Gasteiger partial charge in [0.15, 0.2) is 0 Å². The van der Waals surface area contributed by atoms with Crippen LogP contribution < -0.4 is 10.1 Å². The first kappa shape index (κ1) is 15.9. The quantitative estimate of drug-likeness (QED) is 0.654. The first-order chi connectivity index (χ1) is 9.22. The van der Waals surface area contributed by atoms with Gasteiger partial charge in [0.05, 0.1) is 25.5 Å². The second-order valence-electron chi connectivity index (χ2n) is 4.47. The second-order valence-corrected chi connectivity index (χ2v) is 4.47. The molecule has 0 saturated carbocycles. The molecule has 1 N–H and O–H groups in total. The largest absolute Gasteiger partial charge is 0.491 e. The monoisotopic (exact) mass is 268 g/mol. The minimum absolute atomic E-state index is 0.445. The van der Waals surface area contributed by atoms with Crippen LogP contribution >= 0.6 is 0 Å². The molecule has 0 aromatic carbocycles. The predicted molar refractivity (Wildman–Crippen MR) is 74.4 cm³/mol. The Kier molecular flexibility index (Phi) is 8.13. The Balaban J connectivity index is 2.24. The lowest BCUT2D eigenvalue weighted by atomic mass is 10.3. The molecule has 0 unspecified atom stereocenters. The summed E-state index contributed by atoms with van der Waals surface area (Å²) in [4.78, 5) is 4.29. The number of nitrogens with zero attached hydrogens (tertiary/aromatic N) is 1. The van der Waals surface area contributed by atoms with Gasteiger partial charge in [0.2, 0.25) is 0 Å². The van der Waals surface area contributed by atoms with Crippen LogP contribution in [-0.4, -0.2) is 44.6 Å². The maximum absolute atomic E-state index is 5.60. The highest BCUT2D eigenvalue weighted by molar-refractivity contribution is 5.22. The fourth-order valence-corrected chi connectivity index (χ4v) is 1.41. The molecule has 108 valence electrons. The van der Waals surface area contributed by atoms with Crippen molar-refractivity contribution in [2.75, 3.05) is 33.5 Å². The topological polar surface area (TPSA) is 52.6 Å². The molecule has 1 rings (SSSR count). The average Bonchev–Trinajstić information content (AvgIpc) is 2.41. The highest BCUT2D eigenvalue weighted by Gasteiger charge is 2.00. The third kappa shape index (κ3) is 7.77. The molecule has 0 atom stereocenters. The minimum atomic E-state index is 0.445. The predicted octanol–water partition coefficient (Wildman–Crippen LogP) is 1.62. The molecule has 0 spiro atoms. The van der Waals surface area contributed by atoms with Gasteiger partial charge in [-0.25, -0.2) is 0 Å². The molecule has 0 aliphatic carbocycles. The first-order valence-corrected chi connectivity index (χ1v) is 6.60. The number of methoxy groups -OCH3 is 1. The van der Waals surface area contributed by atoms with E-state index in [-0.39, 0.29) is 0 Å². The van der Waals surface area contributed by atoms with Crippen LogP contribution in [-0.2, 0) is 16.0 Å². The number of hydrogen-bond acceptors (Lipinski definition) is 5. The van der Waals surface area contributed by atoms with Gasteiger partial charge in [-0.05, 0) is 6.07 Å². The van der Waals surface area contributed by atoms with Gasteiger partial charge in [-0.15, -0.1) is 0 Å². The SMILES string of the molecule is COCCOCCOc1ccnc(CNC(C)C)c1. The van der Waals surface area contributed by atoms with Crippen molar-refractivity contribution in [3.63, 3.8) is 0 Å². The molecular formula is C14H24N2O3. The normalized spacial score (nSPS) is 10.9. The molecule has 5 heteroatoms. The van der Waals surface area contributed by atoms with Crippen molar-refractivity contribution in [1.29, 1.82) is 0 Å². The van der Waals surface area contributed by atoms with Gasteiger partial charge in [-0.3, -0.25) is 4.98 Å². The van der Waals surface area contributed by atoms with E-state index < -0.39 is 0 Å². The number of nitrogens with one attached hydrogen (secondary N) is 1. The summed E-state index contributed by atoms with van der Waals surface area (Å²) in [6.07, 6.45) is 1.76. The molecule has 0 radical (unpaired) electrons. The molecule has 19 heavy (non-hydrogen) atoms. The molecule has 1 aromatic rings.